The molecule has 1 unspecified atom stereocenters. The minimum atomic E-state index is -2.87. The van der Waals surface area contributed by atoms with Gasteiger partial charge in [0.25, 0.3) is 0 Å². The Hall–Kier alpha value is -1.32. The Balaban J connectivity index is 2.16. The van der Waals surface area contributed by atoms with Crippen molar-refractivity contribution in [2.24, 2.45) is 0 Å². The summed E-state index contributed by atoms with van der Waals surface area (Å²) in [7, 11) is 0. The number of benzene rings is 2. The maximum absolute atomic E-state index is 12.4. The van der Waals surface area contributed by atoms with Gasteiger partial charge in [-0.3, -0.25) is 0 Å². The molecule has 0 N–H and O–H groups in total. The molecular formula is C15H12Cl2F2O. The highest BCUT2D eigenvalue weighted by molar-refractivity contribution is 6.30. The van der Waals surface area contributed by atoms with Crippen LogP contribution in [0.4, 0.5) is 8.78 Å². The predicted octanol–water partition coefficient (Wildman–Crippen LogP) is 5.46. The number of para-hydroxylation sites is 1. The summed E-state index contributed by atoms with van der Waals surface area (Å²) in [6.07, 6.45) is 0.502. The highest BCUT2D eigenvalue weighted by Crippen LogP contribution is 2.33. The van der Waals surface area contributed by atoms with Crippen molar-refractivity contribution in [3.63, 3.8) is 0 Å². The Morgan fingerprint density at radius 1 is 1.00 bits per heavy atom. The van der Waals surface area contributed by atoms with E-state index < -0.39 is 12.0 Å². The average Bonchev–Trinajstić information content (AvgIpc) is 2.41. The maximum atomic E-state index is 12.4. The lowest BCUT2D eigenvalue weighted by Crippen LogP contribution is -2.06. The van der Waals surface area contributed by atoms with Crippen molar-refractivity contribution in [1.29, 1.82) is 0 Å². The summed E-state index contributed by atoms with van der Waals surface area (Å²) in [5.74, 6) is 0.108. The summed E-state index contributed by atoms with van der Waals surface area (Å²) in [4.78, 5) is 0. The van der Waals surface area contributed by atoms with Gasteiger partial charge in [0.1, 0.15) is 5.75 Å². The molecule has 0 aliphatic heterocycles. The molecule has 0 amide bonds. The lowest BCUT2D eigenvalue weighted by Gasteiger charge is -2.15. The predicted molar refractivity (Wildman–Crippen MR) is 76.8 cm³/mol. The van der Waals surface area contributed by atoms with E-state index in [0.717, 1.165) is 5.56 Å². The van der Waals surface area contributed by atoms with Crippen LogP contribution in [0.1, 0.15) is 16.5 Å². The van der Waals surface area contributed by atoms with Gasteiger partial charge in [0.05, 0.1) is 5.38 Å². The fourth-order valence-corrected chi connectivity index (χ4v) is 2.36. The molecule has 0 aliphatic rings. The lowest BCUT2D eigenvalue weighted by molar-refractivity contribution is -0.0504. The number of alkyl halides is 3. The van der Waals surface area contributed by atoms with Gasteiger partial charge < -0.3 is 4.74 Å². The van der Waals surface area contributed by atoms with Crippen LogP contribution in [0.25, 0.3) is 0 Å². The van der Waals surface area contributed by atoms with Gasteiger partial charge in [-0.15, -0.1) is 11.6 Å². The molecule has 1 atom stereocenters. The van der Waals surface area contributed by atoms with Gasteiger partial charge in [-0.05, 0) is 30.2 Å². The molecule has 0 heterocycles. The van der Waals surface area contributed by atoms with E-state index in [2.05, 4.69) is 4.74 Å². The Morgan fingerprint density at radius 2 is 1.65 bits per heavy atom. The van der Waals surface area contributed by atoms with Crippen LogP contribution < -0.4 is 4.74 Å². The lowest BCUT2D eigenvalue weighted by atomic mass is 10.0. The Bertz CT molecular complexity index is 558. The molecular weight excluding hydrogens is 305 g/mol. The summed E-state index contributed by atoms with van der Waals surface area (Å²) in [6.45, 7) is -2.87. The first kappa shape index (κ1) is 15.1. The van der Waals surface area contributed by atoms with Crippen molar-refractivity contribution >= 4 is 23.2 Å². The van der Waals surface area contributed by atoms with Gasteiger partial charge in [-0.25, -0.2) is 0 Å². The molecule has 5 heteroatoms. The van der Waals surface area contributed by atoms with Gasteiger partial charge in [-0.1, -0.05) is 41.9 Å². The molecule has 1 nitrogen and oxygen atoms in total. The molecule has 2 aromatic carbocycles. The number of halogens is 4. The Morgan fingerprint density at radius 3 is 2.30 bits per heavy atom. The standard InChI is InChI=1S/C15H12Cl2F2O/c16-11-7-5-10(6-8-11)9-13(17)12-3-1-2-4-14(12)20-15(18)19/h1-8,13,15H,9H2. The van der Waals surface area contributed by atoms with E-state index >= 15 is 0 Å². The highest BCUT2D eigenvalue weighted by atomic mass is 35.5. The summed E-state index contributed by atoms with van der Waals surface area (Å²) >= 11 is 12.1. The van der Waals surface area contributed by atoms with Gasteiger partial charge in [0, 0.05) is 10.6 Å². The summed E-state index contributed by atoms with van der Waals surface area (Å²) in [5, 5.41) is 0.187. The van der Waals surface area contributed by atoms with E-state index in [1.165, 1.54) is 6.07 Å². The first-order valence-corrected chi connectivity index (χ1v) is 6.80. The number of hydrogen-bond donors (Lipinski definition) is 0. The molecule has 20 heavy (non-hydrogen) atoms. The maximum Gasteiger partial charge on any atom is 0.387 e. The number of ether oxygens (including phenoxy) is 1. The van der Waals surface area contributed by atoms with E-state index in [9.17, 15) is 8.78 Å². The van der Waals surface area contributed by atoms with E-state index in [-0.39, 0.29) is 5.75 Å². The first-order chi connectivity index (χ1) is 9.56. The van der Waals surface area contributed by atoms with E-state index in [1.807, 2.05) is 12.1 Å². The molecule has 0 aliphatic carbocycles. The summed E-state index contributed by atoms with van der Waals surface area (Å²) in [6, 6.07) is 13.8. The molecule has 2 aromatic rings. The van der Waals surface area contributed by atoms with Gasteiger partial charge in [0.15, 0.2) is 0 Å². The second kappa shape index (κ2) is 6.91. The topological polar surface area (TPSA) is 9.23 Å². The fraction of sp³-hybridized carbons (Fsp3) is 0.200. The van der Waals surface area contributed by atoms with Crippen LogP contribution in [0.3, 0.4) is 0 Å². The Kier molecular flexibility index (Phi) is 5.21. The van der Waals surface area contributed by atoms with E-state index in [0.29, 0.717) is 17.0 Å². The zero-order chi connectivity index (χ0) is 14.5. The van der Waals surface area contributed by atoms with Gasteiger partial charge in [-0.2, -0.15) is 8.78 Å². The van der Waals surface area contributed by atoms with E-state index in [1.54, 1.807) is 30.3 Å². The van der Waals surface area contributed by atoms with Crippen molar-refractivity contribution < 1.29 is 13.5 Å². The fourth-order valence-electron chi connectivity index (χ4n) is 1.88. The third-order valence-corrected chi connectivity index (χ3v) is 3.44. The zero-order valence-corrected chi connectivity index (χ0v) is 11.9. The van der Waals surface area contributed by atoms with Crippen LogP contribution in [0.2, 0.25) is 5.02 Å². The molecule has 0 bridgehead atoms. The second-order valence-electron chi connectivity index (χ2n) is 4.21. The van der Waals surface area contributed by atoms with Crippen LogP contribution in [-0.4, -0.2) is 6.61 Å². The average molecular weight is 317 g/mol. The molecule has 0 aromatic heterocycles. The van der Waals surface area contributed by atoms with Crippen LogP contribution in [-0.2, 0) is 6.42 Å². The normalized spacial score (nSPS) is 12.4. The SMILES string of the molecule is FC(F)Oc1ccccc1C(Cl)Cc1ccc(Cl)cc1. The van der Waals surface area contributed by atoms with Crippen molar-refractivity contribution in [1.82, 2.24) is 0 Å². The van der Waals surface area contributed by atoms with Crippen LogP contribution in [0.5, 0.6) is 5.75 Å². The second-order valence-corrected chi connectivity index (χ2v) is 5.18. The zero-order valence-electron chi connectivity index (χ0n) is 10.4. The highest BCUT2D eigenvalue weighted by Gasteiger charge is 2.16. The Labute approximate surface area is 126 Å². The van der Waals surface area contributed by atoms with Crippen molar-refractivity contribution in [3.05, 3.63) is 64.7 Å². The van der Waals surface area contributed by atoms with Crippen LogP contribution >= 0.6 is 23.2 Å². The van der Waals surface area contributed by atoms with Gasteiger partial charge in [0.2, 0.25) is 0 Å². The first-order valence-electron chi connectivity index (χ1n) is 5.98. The molecule has 106 valence electrons. The number of rotatable bonds is 5. The third kappa shape index (κ3) is 4.09. The molecule has 2 rings (SSSR count). The van der Waals surface area contributed by atoms with Gasteiger partial charge >= 0.3 is 6.61 Å². The minimum Gasteiger partial charge on any atom is -0.434 e. The van der Waals surface area contributed by atoms with Crippen LogP contribution in [0, 0.1) is 0 Å². The van der Waals surface area contributed by atoms with Crippen molar-refractivity contribution in [2.45, 2.75) is 18.4 Å². The summed E-state index contributed by atoms with van der Waals surface area (Å²) in [5.41, 5.74) is 1.52. The van der Waals surface area contributed by atoms with Crippen LogP contribution in [0.15, 0.2) is 48.5 Å². The monoisotopic (exact) mass is 316 g/mol. The summed E-state index contributed by atoms with van der Waals surface area (Å²) < 4.78 is 29.2. The largest absolute Gasteiger partial charge is 0.434 e. The van der Waals surface area contributed by atoms with E-state index in [4.69, 9.17) is 23.2 Å². The number of hydrogen-bond acceptors (Lipinski definition) is 1. The van der Waals surface area contributed by atoms with Crippen molar-refractivity contribution in [3.8, 4) is 5.75 Å². The quantitative estimate of drug-likeness (QED) is 0.665. The molecule has 0 fully saturated rings. The molecule has 0 saturated carbocycles. The minimum absolute atomic E-state index is 0.108. The molecule has 0 saturated heterocycles. The molecule has 0 spiro atoms. The van der Waals surface area contributed by atoms with Crippen molar-refractivity contribution in [2.75, 3.05) is 0 Å². The third-order valence-electron chi connectivity index (χ3n) is 2.80. The smallest absolute Gasteiger partial charge is 0.387 e. The molecule has 0 radical (unpaired) electrons.